The maximum absolute atomic E-state index is 3.88. The van der Waals surface area contributed by atoms with Crippen LogP contribution in [0.4, 0.5) is 0 Å². The second kappa shape index (κ2) is 4.33. The topological polar surface area (TPSA) is 30.7 Å². The highest BCUT2D eigenvalue weighted by Gasteiger charge is 2.29. The first-order chi connectivity index (χ1) is 6.87. The molecule has 1 rings (SSSR count). The minimum absolute atomic E-state index is 0.0994. The lowest BCUT2D eigenvalue weighted by Gasteiger charge is -2.35. The van der Waals surface area contributed by atoms with Crippen LogP contribution in [0.1, 0.15) is 53.9 Å². The summed E-state index contributed by atoms with van der Waals surface area (Å²) in [5.74, 6) is 0. The molecule has 0 aliphatic carbocycles. The highest BCUT2D eigenvalue weighted by molar-refractivity contribution is 4.86. The second-order valence-electron chi connectivity index (χ2n) is 5.77. The van der Waals surface area contributed by atoms with Crippen molar-refractivity contribution in [1.29, 1.82) is 0 Å². The Bertz CT molecular complexity index is 286. The Morgan fingerprint density at radius 2 is 1.60 bits per heavy atom. The fourth-order valence-corrected chi connectivity index (χ4v) is 2.54. The van der Waals surface area contributed by atoms with Crippen molar-refractivity contribution in [1.82, 2.24) is 14.8 Å². The van der Waals surface area contributed by atoms with Crippen LogP contribution in [0.25, 0.3) is 0 Å². The van der Waals surface area contributed by atoms with Gasteiger partial charge in [0.1, 0.15) is 12.7 Å². The molecule has 0 spiro atoms. The number of nitrogens with zero attached hydrogens (tertiary/aromatic N) is 3. The molecule has 3 nitrogen and oxygen atoms in total. The van der Waals surface area contributed by atoms with Crippen molar-refractivity contribution in [3.05, 3.63) is 12.7 Å². The van der Waals surface area contributed by atoms with Crippen LogP contribution in [0, 0.1) is 5.41 Å². The number of hydrogen-bond donors (Lipinski definition) is 0. The summed E-state index contributed by atoms with van der Waals surface area (Å²) in [6.45, 7) is 11.4. The van der Waals surface area contributed by atoms with Crippen molar-refractivity contribution in [2.75, 3.05) is 0 Å². The maximum atomic E-state index is 3.88. The third kappa shape index (κ3) is 3.33. The number of rotatable bonds is 5. The average molecular weight is 209 g/mol. The van der Waals surface area contributed by atoms with Crippen LogP contribution in [0.3, 0.4) is 0 Å². The van der Waals surface area contributed by atoms with Crippen molar-refractivity contribution in [3.8, 4) is 0 Å². The summed E-state index contributed by atoms with van der Waals surface area (Å²) in [5.41, 5.74) is 0.477. The van der Waals surface area contributed by atoms with Crippen molar-refractivity contribution >= 4 is 0 Å². The van der Waals surface area contributed by atoms with E-state index in [0.717, 1.165) is 6.42 Å². The maximum Gasteiger partial charge on any atom is 0.119 e. The van der Waals surface area contributed by atoms with Gasteiger partial charge in [0.2, 0.25) is 0 Å². The predicted molar refractivity (Wildman–Crippen MR) is 62.7 cm³/mol. The molecular weight excluding hydrogens is 186 g/mol. The monoisotopic (exact) mass is 209 g/mol. The van der Waals surface area contributed by atoms with Crippen molar-refractivity contribution in [3.63, 3.8) is 0 Å². The standard InChI is InChI=1S/C12H23N3/c1-6-7-11(2,3)8-12(4,5)15-9-13-14-10-15/h9-10H,6-8H2,1-5H3. The van der Waals surface area contributed by atoms with Crippen LogP contribution in [-0.4, -0.2) is 14.8 Å². The molecular formula is C12H23N3. The molecule has 0 radical (unpaired) electrons. The normalized spacial score (nSPS) is 13.1. The minimum Gasteiger partial charge on any atom is -0.315 e. The molecule has 0 atom stereocenters. The number of aromatic nitrogens is 3. The summed E-state index contributed by atoms with van der Waals surface area (Å²) in [4.78, 5) is 0. The molecule has 0 aliphatic rings. The second-order valence-corrected chi connectivity index (χ2v) is 5.77. The summed E-state index contributed by atoms with van der Waals surface area (Å²) < 4.78 is 2.10. The molecule has 0 bridgehead atoms. The van der Waals surface area contributed by atoms with E-state index in [2.05, 4.69) is 49.4 Å². The van der Waals surface area contributed by atoms with Gasteiger partial charge in [-0.1, -0.05) is 27.2 Å². The van der Waals surface area contributed by atoms with E-state index in [9.17, 15) is 0 Å². The third-order valence-corrected chi connectivity index (χ3v) is 2.96. The Balaban J connectivity index is 2.72. The van der Waals surface area contributed by atoms with Gasteiger partial charge in [-0.3, -0.25) is 0 Å². The Kier molecular flexibility index (Phi) is 3.53. The Morgan fingerprint density at radius 3 is 2.07 bits per heavy atom. The van der Waals surface area contributed by atoms with E-state index in [0.29, 0.717) is 5.41 Å². The molecule has 0 fully saturated rings. The summed E-state index contributed by atoms with van der Waals surface area (Å²) in [5, 5.41) is 7.75. The first-order valence-electron chi connectivity index (χ1n) is 5.72. The zero-order valence-electron chi connectivity index (χ0n) is 10.6. The summed E-state index contributed by atoms with van der Waals surface area (Å²) in [6, 6.07) is 0. The molecule has 0 unspecified atom stereocenters. The van der Waals surface area contributed by atoms with Crippen molar-refractivity contribution < 1.29 is 0 Å². The molecule has 15 heavy (non-hydrogen) atoms. The van der Waals surface area contributed by atoms with Gasteiger partial charge in [-0.15, -0.1) is 10.2 Å². The van der Waals surface area contributed by atoms with Gasteiger partial charge in [0.15, 0.2) is 0 Å². The molecule has 0 amide bonds. The lowest BCUT2D eigenvalue weighted by Crippen LogP contribution is -2.31. The molecule has 3 heteroatoms. The number of hydrogen-bond acceptors (Lipinski definition) is 2. The highest BCUT2D eigenvalue weighted by atomic mass is 15.3. The molecule has 1 heterocycles. The van der Waals surface area contributed by atoms with E-state index < -0.39 is 0 Å². The van der Waals surface area contributed by atoms with Crippen LogP contribution in [-0.2, 0) is 5.54 Å². The van der Waals surface area contributed by atoms with Crippen LogP contribution in [0.15, 0.2) is 12.7 Å². The summed E-state index contributed by atoms with van der Waals surface area (Å²) in [6.07, 6.45) is 7.26. The highest BCUT2D eigenvalue weighted by Crippen LogP contribution is 2.35. The fourth-order valence-electron chi connectivity index (χ4n) is 2.54. The van der Waals surface area contributed by atoms with E-state index in [1.165, 1.54) is 12.8 Å². The minimum atomic E-state index is 0.0994. The van der Waals surface area contributed by atoms with Crippen molar-refractivity contribution in [2.24, 2.45) is 5.41 Å². The van der Waals surface area contributed by atoms with Crippen LogP contribution in [0.2, 0.25) is 0 Å². The quantitative estimate of drug-likeness (QED) is 0.745. The molecule has 0 saturated heterocycles. The zero-order valence-corrected chi connectivity index (χ0v) is 10.6. The first-order valence-corrected chi connectivity index (χ1v) is 5.72. The van der Waals surface area contributed by atoms with Gasteiger partial charge in [0, 0.05) is 5.54 Å². The fraction of sp³-hybridized carbons (Fsp3) is 0.833. The van der Waals surface area contributed by atoms with Crippen LogP contribution in [0.5, 0.6) is 0 Å². The van der Waals surface area contributed by atoms with Gasteiger partial charge in [-0.05, 0) is 32.1 Å². The zero-order chi connectivity index (χ0) is 11.5. The van der Waals surface area contributed by atoms with E-state index in [1.807, 2.05) is 12.7 Å². The van der Waals surface area contributed by atoms with Crippen LogP contribution < -0.4 is 0 Å². The summed E-state index contributed by atoms with van der Waals surface area (Å²) in [7, 11) is 0. The molecule has 0 N–H and O–H groups in total. The van der Waals surface area contributed by atoms with E-state index in [1.54, 1.807) is 0 Å². The molecule has 0 aromatic carbocycles. The molecule has 0 aliphatic heterocycles. The molecule has 1 aromatic heterocycles. The predicted octanol–water partition coefficient (Wildman–Crippen LogP) is 3.23. The van der Waals surface area contributed by atoms with Gasteiger partial charge >= 0.3 is 0 Å². The lowest BCUT2D eigenvalue weighted by atomic mass is 9.77. The van der Waals surface area contributed by atoms with Gasteiger partial charge < -0.3 is 4.57 Å². The van der Waals surface area contributed by atoms with Gasteiger partial charge in [0.05, 0.1) is 0 Å². The first kappa shape index (κ1) is 12.2. The van der Waals surface area contributed by atoms with Gasteiger partial charge in [-0.25, -0.2) is 0 Å². The average Bonchev–Trinajstić information content (AvgIpc) is 2.52. The Hall–Kier alpha value is -0.860. The van der Waals surface area contributed by atoms with E-state index in [4.69, 9.17) is 0 Å². The van der Waals surface area contributed by atoms with Crippen LogP contribution >= 0.6 is 0 Å². The third-order valence-electron chi connectivity index (χ3n) is 2.96. The lowest BCUT2D eigenvalue weighted by molar-refractivity contribution is 0.184. The van der Waals surface area contributed by atoms with E-state index in [-0.39, 0.29) is 5.54 Å². The SMILES string of the molecule is CCCC(C)(C)CC(C)(C)n1cnnc1. The van der Waals surface area contributed by atoms with Gasteiger partial charge in [0.25, 0.3) is 0 Å². The molecule has 86 valence electrons. The largest absolute Gasteiger partial charge is 0.315 e. The van der Waals surface area contributed by atoms with Gasteiger partial charge in [-0.2, -0.15) is 0 Å². The molecule has 0 saturated carbocycles. The Morgan fingerprint density at radius 1 is 1.07 bits per heavy atom. The summed E-state index contributed by atoms with van der Waals surface area (Å²) >= 11 is 0. The molecule has 1 aromatic rings. The smallest absolute Gasteiger partial charge is 0.119 e. The Labute approximate surface area is 92.9 Å². The van der Waals surface area contributed by atoms with E-state index >= 15 is 0 Å². The van der Waals surface area contributed by atoms with Crippen molar-refractivity contribution in [2.45, 2.75) is 59.4 Å².